The second kappa shape index (κ2) is 10.6. The van der Waals surface area contributed by atoms with Crippen LogP contribution in [0, 0.1) is 0 Å². The van der Waals surface area contributed by atoms with Crippen LogP contribution in [0.5, 0.6) is 0 Å². The number of anilines is 2. The summed E-state index contributed by atoms with van der Waals surface area (Å²) >= 11 is 0. The maximum absolute atomic E-state index is 13.3. The van der Waals surface area contributed by atoms with Crippen molar-refractivity contribution in [1.82, 2.24) is 9.13 Å². The number of fused-ring (bicyclic) bond motifs is 1. The van der Waals surface area contributed by atoms with E-state index in [1.54, 1.807) is 13.8 Å². The number of nitrogens with one attached hydrogen (secondary N) is 1. The summed E-state index contributed by atoms with van der Waals surface area (Å²) in [6.07, 6.45) is 1.13. The van der Waals surface area contributed by atoms with E-state index in [4.69, 9.17) is 15.2 Å². The average Bonchev–Trinajstić information content (AvgIpc) is 3.03. The van der Waals surface area contributed by atoms with Crippen LogP contribution in [0.2, 0.25) is 0 Å². The highest BCUT2D eigenvalue weighted by Gasteiger charge is 2.47. The molecule has 2 rings (SSSR count). The summed E-state index contributed by atoms with van der Waals surface area (Å²) < 4.78 is 13.0. The minimum Gasteiger partial charge on any atom is -0.481 e. The summed E-state index contributed by atoms with van der Waals surface area (Å²) in [4.78, 5) is 50.3. The van der Waals surface area contributed by atoms with Gasteiger partial charge in [0.15, 0.2) is 0 Å². The second-order valence-corrected chi connectivity index (χ2v) is 7.89. The molecule has 0 aromatic carbocycles. The highest BCUT2D eigenvalue weighted by atomic mass is 16.5. The van der Waals surface area contributed by atoms with E-state index in [1.807, 2.05) is 0 Å². The van der Waals surface area contributed by atoms with Crippen molar-refractivity contribution < 1.29 is 24.2 Å². The van der Waals surface area contributed by atoms with E-state index in [0.29, 0.717) is 25.9 Å². The molecule has 0 saturated heterocycles. The lowest BCUT2D eigenvalue weighted by atomic mass is 10.1. The maximum Gasteiger partial charge on any atom is 0.332 e. The van der Waals surface area contributed by atoms with Gasteiger partial charge in [0.25, 0.3) is 5.56 Å². The molecule has 0 spiro atoms. The third-order valence-corrected chi connectivity index (χ3v) is 5.48. The molecule has 0 amide bonds. The fourth-order valence-corrected chi connectivity index (χ4v) is 3.87. The molecule has 1 aromatic heterocycles. The minimum absolute atomic E-state index is 0.0612. The molecule has 0 bridgehead atoms. The van der Waals surface area contributed by atoms with Crippen LogP contribution in [0.1, 0.15) is 46.5 Å². The van der Waals surface area contributed by atoms with E-state index in [2.05, 4.69) is 5.32 Å². The molecular formula is C20H33N5O7. The van der Waals surface area contributed by atoms with Crippen LogP contribution in [-0.4, -0.2) is 57.8 Å². The Kier molecular flexibility index (Phi) is 8.44. The zero-order chi connectivity index (χ0) is 24.1. The number of carboxylic acids is 1. The monoisotopic (exact) mass is 455 g/mol. The lowest BCUT2D eigenvalue weighted by Gasteiger charge is -2.37. The Morgan fingerprint density at radius 1 is 1.28 bits per heavy atom. The summed E-state index contributed by atoms with van der Waals surface area (Å²) in [5, 5.41) is 12.4. The van der Waals surface area contributed by atoms with Gasteiger partial charge in [0, 0.05) is 33.7 Å². The highest BCUT2D eigenvalue weighted by Crippen LogP contribution is 2.37. The number of rotatable bonds is 12. The zero-order valence-electron chi connectivity index (χ0n) is 19.0. The third kappa shape index (κ3) is 5.30. The lowest BCUT2D eigenvalue weighted by molar-refractivity contribution is -0.145. The molecule has 0 saturated carbocycles. The molecule has 12 nitrogen and oxygen atoms in total. The van der Waals surface area contributed by atoms with E-state index in [-0.39, 0.29) is 43.4 Å². The molecular weight excluding hydrogens is 422 g/mol. The molecule has 1 unspecified atom stereocenters. The van der Waals surface area contributed by atoms with Gasteiger partial charge in [-0.3, -0.25) is 23.5 Å². The van der Waals surface area contributed by atoms with Crippen LogP contribution >= 0.6 is 0 Å². The number of esters is 1. The van der Waals surface area contributed by atoms with Gasteiger partial charge in [0.2, 0.25) is 0 Å². The van der Waals surface area contributed by atoms with Crippen LogP contribution in [-0.2, 0) is 32.7 Å². The van der Waals surface area contributed by atoms with Gasteiger partial charge >= 0.3 is 17.6 Å². The summed E-state index contributed by atoms with van der Waals surface area (Å²) in [5.74, 6) is -1.25. The summed E-state index contributed by atoms with van der Waals surface area (Å²) in [5.41, 5.74) is 3.74. The first-order chi connectivity index (χ1) is 15.1. The van der Waals surface area contributed by atoms with Crippen LogP contribution in [0.4, 0.5) is 11.5 Å². The fraction of sp³-hybridized carbons (Fsp3) is 0.700. The highest BCUT2D eigenvalue weighted by molar-refractivity contribution is 5.79. The first-order valence-electron chi connectivity index (χ1n) is 10.6. The van der Waals surface area contributed by atoms with Gasteiger partial charge in [-0.1, -0.05) is 0 Å². The predicted molar refractivity (Wildman–Crippen MR) is 118 cm³/mol. The van der Waals surface area contributed by atoms with Crippen LogP contribution in [0.15, 0.2) is 9.59 Å². The number of ether oxygens (including phenoxy) is 2. The number of nitrogens with two attached hydrogens (primary N) is 1. The van der Waals surface area contributed by atoms with Gasteiger partial charge in [0.1, 0.15) is 23.9 Å². The van der Waals surface area contributed by atoms with Crippen molar-refractivity contribution >= 4 is 23.4 Å². The van der Waals surface area contributed by atoms with Gasteiger partial charge in [-0.05, 0) is 33.1 Å². The van der Waals surface area contributed by atoms with Crippen molar-refractivity contribution in [3.8, 4) is 0 Å². The van der Waals surface area contributed by atoms with Gasteiger partial charge in [-0.15, -0.1) is 0 Å². The van der Waals surface area contributed by atoms with Crippen molar-refractivity contribution in [3.63, 3.8) is 0 Å². The van der Waals surface area contributed by atoms with Gasteiger partial charge < -0.3 is 30.5 Å². The molecule has 2 heterocycles. The van der Waals surface area contributed by atoms with E-state index >= 15 is 0 Å². The molecule has 1 aromatic rings. The SMILES string of the molecule is CCOCN1c2c(n(C)c(=O)n(CCCCC(C)OC(C)=O)c2=O)N[C@]1(CN)CC(=O)O. The molecule has 0 radical (unpaired) electrons. The van der Waals surface area contributed by atoms with E-state index < -0.39 is 29.3 Å². The molecule has 1 aliphatic heterocycles. The second-order valence-electron chi connectivity index (χ2n) is 7.89. The van der Waals surface area contributed by atoms with Crippen molar-refractivity contribution in [1.29, 1.82) is 0 Å². The van der Waals surface area contributed by atoms with Crippen LogP contribution in [0.3, 0.4) is 0 Å². The van der Waals surface area contributed by atoms with Gasteiger partial charge in [0.05, 0.1) is 12.5 Å². The Balaban J connectivity index is 2.36. The molecule has 0 aliphatic carbocycles. The van der Waals surface area contributed by atoms with Crippen molar-refractivity contribution in [3.05, 3.63) is 20.8 Å². The molecule has 4 N–H and O–H groups in total. The Morgan fingerprint density at radius 2 is 1.97 bits per heavy atom. The topological polar surface area (TPSA) is 158 Å². The van der Waals surface area contributed by atoms with Gasteiger partial charge in [-0.25, -0.2) is 4.79 Å². The Labute approximate surface area is 185 Å². The number of unbranched alkanes of at least 4 members (excludes halogenated alkanes) is 1. The Hall–Kier alpha value is -2.86. The third-order valence-electron chi connectivity index (χ3n) is 5.48. The smallest absolute Gasteiger partial charge is 0.332 e. The van der Waals surface area contributed by atoms with E-state index in [0.717, 1.165) is 4.57 Å². The summed E-state index contributed by atoms with van der Waals surface area (Å²) in [6.45, 7) is 5.24. The molecule has 2 atom stereocenters. The summed E-state index contributed by atoms with van der Waals surface area (Å²) in [7, 11) is 1.51. The number of hydrogen-bond donors (Lipinski definition) is 3. The van der Waals surface area contributed by atoms with Crippen molar-refractivity contribution in [2.45, 2.75) is 64.8 Å². The Bertz CT molecular complexity index is 957. The largest absolute Gasteiger partial charge is 0.481 e. The van der Waals surface area contributed by atoms with Crippen molar-refractivity contribution in [2.24, 2.45) is 12.8 Å². The standard InChI is InChI=1S/C20H33N5O7/c1-5-31-12-25-16-17(22-20(25,11-21)10-15(27)28)23(4)19(30)24(18(16)29)9-7-6-8-13(2)32-14(3)26/h13,22H,5-12,21H2,1-4H3,(H,27,28)/t13?,20-/m1/s1. The number of nitrogens with zero attached hydrogens (tertiary/aromatic N) is 3. The van der Waals surface area contributed by atoms with E-state index in [1.165, 1.54) is 23.4 Å². The van der Waals surface area contributed by atoms with Crippen LogP contribution in [0.25, 0.3) is 0 Å². The average molecular weight is 456 g/mol. The zero-order valence-corrected chi connectivity index (χ0v) is 19.0. The molecule has 12 heteroatoms. The predicted octanol–water partition coefficient (Wildman–Crippen LogP) is 0.0245. The number of carbonyl (C=O) groups is 2. The van der Waals surface area contributed by atoms with E-state index in [9.17, 15) is 24.3 Å². The number of hydrogen-bond acceptors (Lipinski definition) is 9. The fourth-order valence-electron chi connectivity index (χ4n) is 3.87. The normalized spacial score (nSPS) is 18.2. The molecule has 32 heavy (non-hydrogen) atoms. The van der Waals surface area contributed by atoms with Gasteiger partial charge in [-0.2, -0.15) is 0 Å². The number of carbonyl (C=O) groups excluding carboxylic acids is 1. The first-order valence-corrected chi connectivity index (χ1v) is 10.6. The quantitative estimate of drug-likeness (QED) is 0.290. The molecule has 1 aliphatic rings. The number of carboxylic acid groups (broad SMARTS) is 1. The Morgan fingerprint density at radius 3 is 2.53 bits per heavy atom. The maximum atomic E-state index is 13.3. The summed E-state index contributed by atoms with van der Waals surface area (Å²) in [6, 6.07) is 0. The number of aromatic nitrogens is 2. The van der Waals surface area contributed by atoms with Crippen molar-refractivity contribution in [2.75, 3.05) is 30.1 Å². The molecule has 0 fully saturated rings. The number of aliphatic carboxylic acids is 1. The lowest BCUT2D eigenvalue weighted by Crippen LogP contribution is -2.58. The van der Waals surface area contributed by atoms with Crippen LogP contribution < -0.4 is 27.2 Å². The first kappa shape index (κ1) is 25.4. The minimum atomic E-state index is -1.30. The molecule has 180 valence electrons.